The predicted molar refractivity (Wildman–Crippen MR) is 83.2 cm³/mol. The van der Waals surface area contributed by atoms with E-state index in [0.29, 0.717) is 6.42 Å². The molecule has 1 aliphatic carbocycles. The van der Waals surface area contributed by atoms with Crippen LogP contribution in [0.1, 0.15) is 47.7 Å². The highest BCUT2D eigenvalue weighted by Crippen LogP contribution is 2.27. The van der Waals surface area contributed by atoms with E-state index in [1.807, 2.05) is 18.4 Å². The molecule has 2 rings (SSSR count). The van der Waals surface area contributed by atoms with Crippen LogP contribution in [0.5, 0.6) is 0 Å². The second-order valence-corrected chi connectivity index (χ2v) is 6.51. The molecule has 2 N–H and O–H groups in total. The second-order valence-electron chi connectivity index (χ2n) is 5.35. The minimum Gasteiger partial charge on any atom is -0.356 e. The molecule has 0 bridgehead atoms. The summed E-state index contributed by atoms with van der Waals surface area (Å²) in [7, 11) is 1.91. The number of aromatic nitrogens is 1. The Labute approximate surface area is 125 Å². The van der Waals surface area contributed by atoms with Crippen molar-refractivity contribution in [2.75, 3.05) is 20.1 Å². The fourth-order valence-electron chi connectivity index (χ4n) is 2.49. The van der Waals surface area contributed by atoms with Crippen LogP contribution in [0.3, 0.4) is 0 Å². The normalized spacial score (nSPS) is 14.1. The predicted octanol–water partition coefficient (Wildman–Crippen LogP) is 2.07. The van der Waals surface area contributed by atoms with Crippen molar-refractivity contribution >= 4 is 17.2 Å². The third kappa shape index (κ3) is 4.87. The Bertz CT molecular complexity index is 407. The molecule has 0 unspecified atom stereocenters. The third-order valence-electron chi connectivity index (χ3n) is 3.61. The number of thiazole rings is 1. The van der Waals surface area contributed by atoms with E-state index >= 15 is 0 Å². The Morgan fingerprint density at radius 3 is 2.90 bits per heavy atom. The van der Waals surface area contributed by atoms with Crippen molar-refractivity contribution in [2.45, 2.75) is 51.4 Å². The fourth-order valence-corrected chi connectivity index (χ4v) is 3.69. The maximum atomic E-state index is 11.5. The Morgan fingerprint density at radius 2 is 2.10 bits per heavy atom. The first kappa shape index (κ1) is 15.4. The monoisotopic (exact) mass is 295 g/mol. The van der Waals surface area contributed by atoms with Crippen molar-refractivity contribution in [3.05, 3.63) is 15.6 Å². The molecular weight excluding hydrogens is 270 g/mol. The number of nitrogens with zero attached hydrogens (tertiary/aromatic N) is 1. The van der Waals surface area contributed by atoms with Crippen molar-refractivity contribution in [1.29, 1.82) is 0 Å². The van der Waals surface area contributed by atoms with Gasteiger partial charge >= 0.3 is 0 Å². The van der Waals surface area contributed by atoms with Crippen LogP contribution in [0.15, 0.2) is 0 Å². The number of carbonyl (C=O) groups excluding carboxylic acids is 1. The number of hydrogen-bond acceptors (Lipinski definition) is 4. The van der Waals surface area contributed by atoms with Gasteiger partial charge in [0.2, 0.25) is 5.91 Å². The zero-order chi connectivity index (χ0) is 14.2. The molecule has 4 nitrogen and oxygen atoms in total. The number of amides is 1. The summed E-state index contributed by atoms with van der Waals surface area (Å²) < 4.78 is 0. The van der Waals surface area contributed by atoms with Crippen LogP contribution in [0, 0.1) is 0 Å². The topological polar surface area (TPSA) is 54.0 Å². The van der Waals surface area contributed by atoms with Gasteiger partial charge in [-0.2, -0.15) is 0 Å². The molecule has 1 aromatic heterocycles. The van der Waals surface area contributed by atoms with Crippen LogP contribution in [0.25, 0.3) is 0 Å². The summed E-state index contributed by atoms with van der Waals surface area (Å²) in [5.74, 6) is 0.165. The smallest absolute Gasteiger partial charge is 0.220 e. The van der Waals surface area contributed by atoms with E-state index in [9.17, 15) is 4.79 Å². The number of rotatable bonds is 8. The molecule has 0 atom stereocenters. The first-order valence-electron chi connectivity index (χ1n) is 7.68. The lowest BCUT2D eigenvalue weighted by Crippen LogP contribution is -2.25. The lowest BCUT2D eigenvalue weighted by Gasteiger charge is -2.06. The zero-order valence-corrected chi connectivity index (χ0v) is 13.2. The largest absolute Gasteiger partial charge is 0.356 e. The van der Waals surface area contributed by atoms with E-state index < -0.39 is 0 Å². The van der Waals surface area contributed by atoms with Gasteiger partial charge in [-0.3, -0.25) is 4.79 Å². The minimum absolute atomic E-state index is 0.165. The Balaban J connectivity index is 1.61. The van der Waals surface area contributed by atoms with E-state index in [4.69, 9.17) is 4.98 Å². The molecule has 112 valence electrons. The molecule has 0 saturated carbocycles. The van der Waals surface area contributed by atoms with E-state index in [1.54, 1.807) is 0 Å². The Morgan fingerprint density at radius 1 is 1.25 bits per heavy atom. The van der Waals surface area contributed by atoms with Crippen LogP contribution in [-0.4, -0.2) is 31.0 Å². The van der Waals surface area contributed by atoms with Gasteiger partial charge < -0.3 is 10.6 Å². The average Bonchev–Trinajstić information content (AvgIpc) is 2.86. The highest BCUT2D eigenvalue weighted by Gasteiger charge is 2.14. The quantitative estimate of drug-likeness (QED) is 0.722. The summed E-state index contributed by atoms with van der Waals surface area (Å²) in [6, 6.07) is 0. The van der Waals surface area contributed by atoms with Gasteiger partial charge in [0, 0.05) is 24.3 Å². The molecular formula is C15H25N3OS. The van der Waals surface area contributed by atoms with E-state index in [1.165, 1.54) is 34.8 Å². The molecule has 1 amide bonds. The summed E-state index contributed by atoms with van der Waals surface area (Å²) >= 11 is 1.88. The highest BCUT2D eigenvalue weighted by molar-refractivity contribution is 7.11. The van der Waals surface area contributed by atoms with Crippen LogP contribution in [0.2, 0.25) is 0 Å². The molecule has 1 heterocycles. The standard InChI is InChI=1S/C15H25N3OS/c1-16-10-4-8-14(19)17-11-5-9-15-18-12-6-2-3-7-13(12)20-15/h16H,2-11H2,1H3,(H,17,19). The van der Waals surface area contributed by atoms with Crippen molar-refractivity contribution in [3.8, 4) is 0 Å². The molecule has 0 aliphatic heterocycles. The number of carbonyl (C=O) groups is 1. The average molecular weight is 295 g/mol. The lowest BCUT2D eigenvalue weighted by atomic mass is 10.0. The van der Waals surface area contributed by atoms with Crippen LogP contribution < -0.4 is 10.6 Å². The maximum absolute atomic E-state index is 11.5. The maximum Gasteiger partial charge on any atom is 0.220 e. The summed E-state index contributed by atoms with van der Waals surface area (Å²) in [5, 5.41) is 7.28. The summed E-state index contributed by atoms with van der Waals surface area (Å²) in [4.78, 5) is 17.8. The van der Waals surface area contributed by atoms with Gasteiger partial charge in [0.05, 0.1) is 10.7 Å². The Hall–Kier alpha value is -0.940. The van der Waals surface area contributed by atoms with Crippen molar-refractivity contribution in [1.82, 2.24) is 15.6 Å². The van der Waals surface area contributed by atoms with Gasteiger partial charge in [0.1, 0.15) is 0 Å². The van der Waals surface area contributed by atoms with Crippen molar-refractivity contribution in [3.63, 3.8) is 0 Å². The molecule has 5 heteroatoms. The lowest BCUT2D eigenvalue weighted by molar-refractivity contribution is -0.121. The first-order valence-corrected chi connectivity index (χ1v) is 8.50. The van der Waals surface area contributed by atoms with Gasteiger partial charge in [-0.25, -0.2) is 4.98 Å². The van der Waals surface area contributed by atoms with Crippen molar-refractivity contribution < 1.29 is 4.79 Å². The molecule has 0 spiro atoms. The minimum atomic E-state index is 0.165. The van der Waals surface area contributed by atoms with Gasteiger partial charge in [-0.15, -0.1) is 11.3 Å². The first-order chi connectivity index (χ1) is 9.79. The molecule has 0 radical (unpaired) electrons. The van der Waals surface area contributed by atoms with Crippen LogP contribution >= 0.6 is 11.3 Å². The fraction of sp³-hybridized carbons (Fsp3) is 0.733. The van der Waals surface area contributed by atoms with Gasteiger partial charge in [-0.05, 0) is 52.1 Å². The molecule has 1 aromatic rings. The van der Waals surface area contributed by atoms with Crippen LogP contribution in [0.4, 0.5) is 0 Å². The second kappa shape index (κ2) is 8.37. The molecule has 0 fully saturated rings. The molecule has 20 heavy (non-hydrogen) atoms. The highest BCUT2D eigenvalue weighted by atomic mass is 32.1. The SMILES string of the molecule is CNCCCC(=O)NCCCc1nc2c(s1)CCCC2. The number of hydrogen-bond donors (Lipinski definition) is 2. The molecule has 1 aliphatic rings. The summed E-state index contributed by atoms with van der Waals surface area (Å²) in [6.07, 6.45) is 8.49. The van der Waals surface area contributed by atoms with Crippen molar-refractivity contribution in [2.24, 2.45) is 0 Å². The Kier molecular flexibility index (Phi) is 6.47. The number of nitrogens with one attached hydrogen (secondary N) is 2. The number of fused-ring (bicyclic) bond motifs is 1. The van der Waals surface area contributed by atoms with E-state index in [-0.39, 0.29) is 5.91 Å². The summed E-state index contributed by atoms with van der Waals surface area (Å²) in [5.41, 5.74) is 1.34. The van der Waals surface area contributed by atoms with Gasteiger partial charge in [0.25, 0.3) is 0 Å². The van der Waals surface area contributed by atoms with E-state index in [2.05, 4.69) is 10.6 Å². The third-order valence-corrected chi connectivity index (χ3v) is 4.83. The summed E-state index contributed by atoms with van der Waals surface area (Å²) in [6.45, 7) is 1.67. The van der Waals surface area contributed by atoms with E-state index in [0.717, 1.165) is 38.8 Å². The van der Waals surface area contributed by atoms with Crippen LogP contribution in [-0.2, 0) is 24.1 Å². The zero-order valence-electron chi connectivity index (χ0n) is 12.3. The molecule has 0 aromatic carbocycles. The van der Waals surface area contributed by atoms with Gasteiger partial charge in [0.15, 0.2) is 0 Å². The molecule has 0 saturated heterocycles. The number of aryl methyl sites for hydroxylation is 3. The van der Waals surface area contributed by atoms with Gasteiger partial charge in [-0.1, -0.05) is 0 Å².